The van der Waals surface area contributed by atoms with Crippen molar-refractivity contribution in [2.75, 3.05) is 5.75 Å². The second kappa shape index (κ2) is 2.92. The van der Waals surface area contributed by atoms with Gasteiger partial charge in [0.05, 0.1) is 5.03 Å². The van der Waals surface area contributed by atoms with Crippen molar-refractivity contribution in [1.82, 2.24) is 4.57 Å². The summed E-state index contributed by atoms with van der Waals surface area (Å²) in [6.07, 6.45) is 4.48. The highest BCUT2D eigenvalue weighted by Crippen LogP contribution is 2.35. The number of nitrogens with zero attached hydrogens (tertiary/aromatic N) is 1. The van der Waals surface area contributed by atoms with E-state index in [1.165, 1.54) is 21.5 Å². The van der Waals surface area contributed by atoms with Crippen molar-refractivity contribution in [3.05, 3.63) is 35.9 Å². The molecule has 0 radical (unpaired) electrons. The Bertz CT molecular complexity index is 522. The number of fused-ring (bicyclic) bond motifs is 3. The second-order valence-electron chi connectivity index (χ2n) is 3.51. The third-order valence-electron chi connectivity index (χ3n) is 2.69. The lowest BCUT2D eigenvalue weighted by molar-refractivity contribution is 0.859. The van der Waals surface area contributed by atoms with E-state index in [4.69, 9.17) is 0 Å². The highest BCUT2D eigenvalue weighted by molar-refractivity contribution is 7.99. The fourth-order valence-electron chi connectivity index (χ4n) is 2.03. The van der Waals surface area contributed by atoms with E-state index in [-0.39, 0.29) is 0 Å². The van der Waals surface area contributed by atoms with Gasteiger partial charge < -0.3 is 4.57 Å². The van der Waals surface area contributed by atoms with E-state index in [9.17, 15) is 0 Å². The predicted molar refractivity (Wildman–Crippen MR) is 62.7 cm³/mol. The average Bonchev–Trinajstić information content (AvgIpc) is 2.55. The van der Waals surface area contributed by atoms with Crippen molar-refractivity contribution >= 4 is 28.7 Å². The van der Waals surface area contributed by atoms with Crippen LogP contribution in [0.1, 0.15) is 5.56 Å². The molecule has 1 aliphatic heterocycles. The van der Waals surface area contributed by atoms with Crippen LogP contribution in [0.2, 0.25) is 0 Å². The van der Waals surface area contributed by atoms with Crippen LogP contribution in [0.15, 0.2) is 35.4 Å². The maximum Gasteiger partial charge on any atom is 0.0833 e. The van der Waals surface area contributed by atoms with Crippen LogP contribution in [-0.4, -0.2) is 10.3 Å². The molecule has 3 rings (SSSR count). The summed E-state index contributed by atoms with van der Waals surface area (Å²) in [5, 5.41) is 2.77. The first-order valence-corrected chi connectivity index (χ1v) is 5.73. The lowest BCUT2D eigenvalue weighted by Crippen LogP contribution is -1.92. The minimum Gasteiger partial charge on any atom is -0.338 e. The van der Waals surface area contributed by atoms with Crippen molar-refractivity contribution in [1.29, 1.82) is 0 Å². The molecule has 1 aromatic carbocycles. The topological polar surface area (TPSA) is 4.93 Å². The van der Waals surface area contributed by atoms with Crippen molar-refractivity contribution in [2.24, 2.45) is 7.05 Å². The van der Waals surface area contributed by atoms with Gasteiger partial charge in [-0.05, 0) is 6.07 Å². The quantitative estimate of drug-likeness (QED) is 0.633. The van der Waals surface area contributed by atoms with Gasteiger partial charge in [0.1, 0.15) is 0 Å². The molecule has 0 unspecified atom stereocenters. The Morgan fingerprint density at radius 2 is 2.14 bits per heavy atom. The number of para-hydroxylation sites is 1. The van der Waals surface area contributed by atoms with Crippen LogP contribution < -0.4 is 0 Å². The Labute approximate surface area is 87.4 Å². The number of aryl methyl sites for hydroxylation is 1. The predicted octanol–water partition coefficient (Wildman–Crippen LogP) is 3.30. The van der Waals surface area contributed by atoms with Gasteiger partial charge in [-0.3, -0.25) is 0 Å². The van der Waals surface area contributed by atoms with Gasteiger partial charge in [-0.25, -0.2) is 0 Å². The normalized spacial score (nSPS) is 14.6. The molecule has 1 nitrogen and oxygen atoms in total. The molecule has 0 atom stereocenters. The van der Waals surface area contributed by atoms with Gasteiger partial charge in [0.25, 0.3) is 0 Å². The highest BCUT2D eigenvalue weighted by atomic mass is 32.2. The van der Waals surface area contributed by atoms with Gasteiger partial charge in [0.2, 0.25) is 0 Å². The Balaban J connectivity index is 2.48. The van der Waals surface area contributed by atoms with E-state index in [1.807, 2.05) is 11.8 Å². The van der Waals surface area contributed by atoms with E-state index < -0.39 is 0 Å². The first-order chi connectivity index (χ1) is 6.88. The Hall–Kier alpha value is -1.15. The summed E-state index contributed by atoms with van der Waals surface area (Å²) < 4.78 is 2.29. The molecule has 0 saturated heterocycles. The van der Waals surface area contributed by atoms with E-state index in [2.05, 4.69) is 48.0 Å². The molecule has 0 aliphatic carbocycles. The van der Waals surface area contributed by atoms with Crippen molar-refractivity contribution < 1.29 is 0 Å². The summed E-state index contributed by atoms with van der Waals surface area (Å²) in [5.74, 6) is 1.09. The lowest BCUT2D eigenvalue weighted by atomic mass is 10.1. The number of hydrogen-bond acceptors (Lipinski definition) is 1. The molecule has 0 bridgehead atoms. The number of hydrogen-bond donors (Lipinski definition) is 0. The van der Waals surface area contributed by atoms with Crippen LogP contribution in [0.5, 0.6) is 0 Å². The number of thioether (sulfide) groups is 1. The molecule has 0 N–H and O–H groups in total. The van der Waals surface area contributed by atoms with Crippen molar-refractivity contribution in [2.45, 2.75) is 5.03 Å². The smallest absolute Gasteiger partial charge is 0.0833 e. The van der Waals surface area contributed by atoms with Gasteiger partial charge in [-0.2, -0.15) is 0 Å². The maximum atomic E-state index is 2.29. The lowest BCUT2D eigenvalue weighted by Gasteiger charge is -2.06. The third kappa shape index (κ3) is 0.976. The van der Waals surface area contributed by atoms with Crippen molar-refractivity contribution in [3.8, 4) is 0 Å². The molecule has 2 heterocycles. The molecule has 2 heteroatoms. The monoisotopic (exact) mass is 201 g/mol. The van der Waals surface area contributed by atoms with Crippen LogP contribution in [0.3, 0.4) is 0 Å². The van der Waals surface area contributed by atoms with Gasteiger partial charge in [0.15, 0.2) is 0 Å². The highest BCUT2D eigenvalue weighted by Gasteiger charge is 2.14. The zero-order valence-electron chi connectivity index (χ0n) is 8.03. The zero-order chi connectivity index (χ0) is 9.54. The molecule has 14 heavy (non-hydrogen) atoms. The minimum atomic E-state index is 1.09. The summed E-state index contributed by atoms with van der Waals surface area (Å²) in [5.41, 5.74) is 2.72. The minimum absolute atomic E-state index is 1.09. The fourth-order valence-corrected chi connectivity index (χ4v) is 3.00. The molecule has 70 valence electrons. The van der Waals surface area contributed by atoms with Gasteiger partial charge in [0, 0.05) is 29.3 Å². The molecule has 0 spiro atoms. The largest absolute Gasteiger partial charge is 0.338 e. The molecule has 2 aromatic rings. The third-order valence-corrected chi connectivity index (χ3v) is 3.82. The Morgan fingerprint density at radius 3 is 3.07 bits per heavy atom. The van der Waals surface area contributed by atoms with Gasteiger partial charge in [-0.1, -0.05) is 30.4 Å². The first-order valence-electron chi connectivity index (χ1n) is 4.74. The summed E-state index contributed by atoms with van der Waals surface area (Å²) in [6.45, 7) is 0. The van der Waals surface area contributed by atoms with Gasteiger partial charge >= 0.3 is 0 Å². The standard InChI is InChI=1S/C12H11NS/c1-13-11-7-3-2-5-9(11)10-6-4-8-14-12(10)13/h2-7H,8H2,1H3. The van der Waals surface area contributed by atoms with Crippen LogP contribution in [0.25, 0.3) is 17.0 Å². The molecule has 0 fully saturated rings. The average molecular weight is 201 g/mol. The van der Waals surface area contributed by atoms with E-state index in [1.54, 1.807) is 0 Å². The number of benzene rings is 1. The summed E-state index contributed by atoms with van der Waals surface area (Å²) in [4.78, 5) is 0. The summed E-state index contributed by atoms with van der Waals surface area (Å²) in [6, 6.07) is 8.59. The van der Waals surface area contributed by atoms with Crippen LogP contribution in [-0.2, 0) is 7.05 Å². The molecule has 0 amide bonds. The molecule has 0 saturated carbocycles. The van der Waals surface area contributed by atoms with Crippen LogP contribution in [0.4, 0.5) is 0 Å². The SMILES string of the molecule is Cn1c2c(c3ccccc31)C=CCS2. The van der Waals surface area contributed by atoms with E-state index in [0.717, 1.165) is 5.75 Å². The summed E-state index contributed by atoms with van der Waals surface area (Å²) in [7, 11) is 2.15. The Morgan fingerprint density at radius 1 is 1.29 bits per heavy atom. The van der Waals surface area contributed by atoms with Crippen molar-refractivity contribution in [3.63, 3.8) is 0 Å². The second-order valence-corrected chi connectivity index (χ2v) is 4.52. The zero-order valence-corrected chi connectivity index (χ0v) is 8.84. The maximum absolute atomic E-state index is 2.29. The van der Waals surface area contributed by atoms with E-state index in [0.29, 0.717) is 0 Å². The van der Waals surface area contributed by atoms with E-state index >= 15 is 0 Å². The number of aromatic nitrogens is 1. The first kappa shape index (κ1) is 8.18. The molecular weight excluding hydrogens is 190 g/mol. The molecule has 1 aromatic heterocycles. The molecular formula is C12H11NS. The fraction of sp³-hybridized carbons (Fsp3) is 0.167. The Kier molecular flexibility index (Phi) is 1.71. The van der Waals surface area contributed by atoms with Gasteiger partial charge in [-0.15, -0.1) is 11.8 Å². The number of rotatable bonds is 0. The summed E-state index contributed by atoms with van der Waals surface area (Å²) >= 11 is 1.92. The molecule has 1 aliphatic rings. The van der Waals surface area contributed by atoms with Crippen LogP contribution >= 0.6 is 11.8 Å². The van der Waals surface area contributed by atoms with Crippen LogP contribution in [0, 0.1) is 0 Å².